The zero-order valence-corrected chi connectivity index (χ0v) is 12.8. The quantitative estimate of drug-likeness (QED) is 0.928. The van der Waals surface area contributed by atoms with Gasteiger partial charge < -0.3 is 10.0 Å². The SMILES string of the molecule is CC1CCC(CO)CN1C(=O)Cc1ccccc1Br. The first-order valence-electron chi connectivity index (χ1n) is 6.75. The third kappa shape index (κ3) is 3.57. The Morgan fingerprint density at radius 3 is 2.84 bits per heavy atom. The molecule has 1 N–H and O–H groups in total. The fourth-order valence-electron chi connectivity index (χ4n) is 2.59. The van der Waals surface area contributed by atoms with Crippen molar-refractivity contribution in [2.75, 3.05) is 13.2 Å². The molecule has 2 rings (SSSR count). The topological polar surface area (TPSA) is 40.5 Å². The van der Waals surface area contributed by atoms with Crippen LogP contribution in [-0.4, -0.2) is 35.1 Å². The minimum absolute atomic E-state index is 0.151. The van der Waals surface area contributed by atoms with Crippen LogP contribution in [0.4, 0.5) is 0 Å². The van der Waals surface area contributed by atoms with Crippen LogP contribution in [-0.2, 0) is 11.2 Å². The molecule has 19 heavy (non-hydrogen) atoms. The monoisotopic (exact) mass is 325 g/mol. The standard InChI is InChI=1S/C15H20BrNO2/c1-11-6-7-12(10-18)9-17(11)15(19)8-13-4-2-3-5-14(13)16/h2-5,11-12,18H,6-10H2,1H3. The predicted octanol–water partition coefficient (Wildman–Crippen LogP) is 2.61. The van der Waals surface area contributed by atoms with E-state index >= 15 is 0 Å². The van der Waals surface area contributed by atoms with E-state index in [2.05, 4.69) is 22.9 Å². The Labute approximate surface area is 122 Å². The number of carbonyl (C=O) groups is 1. The molecule has 104 valence electrons. The lowest BCUT2D eigenvalue weighted by atomic mass is 9.93. The summed E-state index contributed by atoms with van der Waals surface area (Å²) in [6.07, 6.45) is 2.41. The largest absolute Gasteiger partial charge is 0.396 e. The molecule has 1 aliphatic heterocycles. The molecule has 0 bridgehead atoms. The summed E-state index contributed by atoms with van der Waals surface area (Å²) in [5, 5.41) is 9.27. The van der Waals surface area contributed by atoms with Crippen molar-refractivity contribution in [1.82, 2.24) is 4.90 Å². The van der Waals surface area contributed by atoms with Crippen LogP contribution in [0.2, 0.25) is 0 Å². The van der Waals surface area contributed by atoms with Crippen LogP contribution in [0.5, 0.6) is 0 Å². The van der Waals surface area contributed by atoms with Crippen LogP contribution in [0.25, 0.3) is 0 Å². The fourth-order valence-corrected chi connectivity index (χ4v) is 3.01. The Hall–Kier alpha value is -0.870. The van der Waals surface area contributed by atoms with Crippen molar-refractivity contribution in [2.24, 2.45) is 5.92 Å². The highest BCUT2D eigenvalue weighted by Crippen LogP contribution is 2.23. The number of likely N-dealkylation sites (tertiary alicyclic amines) is 1. The van der Waals surface area contributed by atoms with E-state index in [1.807, 2.05) is 29.2 Å². The van der Waals surface area contributed by atoms with Crippen LogP contribution in [0, 0.1) is 5.92 Å². The third-order valence-electron chi connectivity index (χ3n) is 3.86. The van der Waals surface area contributed by atoms with E-state index in [-0.39, 0.29) is 24.5 Å². The smallest absolute Gasteiger partial charge is 0.227 e. The number of amides is 1. The van der Waals surface area contributed by atoms with E-state index in [1.165, 1.54) is 0 Å². The van der Waals surface area contributed by atoms with Gasteiger partial charge in [-0.2, -0.15) is 0 Å². The fraction of sp³-hybridized carbons (Fsp3) is 0.533. The number of nitrogens with zero attached hydrogens (tertiary/aromatic N) is 1. The second-order valence-electron chi connectivity index (χ2n) is 5.29. The van der Waals surface area contributed by atoms with E-state index in [1.54, 1.807) is 0 Å². The van der Waals surface area contributed by atoms with Gasteiger partial charge >= 0.3 is 0 Å². The molecule has 1 fully saturated rings. The number of aliphatic hydroxyl groups is 1. The lowest BCUT2D eigenvalue weighted by Gasteiger charge is -2.37. The number of hydrogen-bond donors (Lipinski definition) is 1. The molecule has 4 heteroatoms. The molecule has 1 aliphatic rings. The molecule has 1 saturated heterocycles. The Morgan fingerprint density at radius 2 is 2.16 bits per heavy atom. The zero-order chi connectivity index (χ0) is 13.8. The number of piperidine rings is 1. The van der Waals surface area contributed by atoms with Crippen LogP contribution in [0.3, 0.4) is 0 Å². The molecule has 1 amide bonds. The maximum atomic E-state index is 12.4. The molecular formula is C15H20BrNO2. The van der Waals surface area contributed by atoms with Crippen molar-refractivity contribution in [1.29, 1.82) is 0 Å². The van der Waals surface area contributed by atoms with Crippen molar-refractivity contribution in [3.63, 3.8) is 0 Å². The van der Waals surface area contributed by atoms with E-state index in [0.29, 0.717) is 13.0 Å². The van der Waals surface area contributed by atoms with Gasteiger partial charge in [-0.05, 0) is 37.3 Å². The molecule has 0 aromatic heterocycles. The summed E-state index contributed by atoms with van der Waals surface area (Å²) >= 11 is 3.48. The third-order valence-corrected chi connectivity index (χ3v) is 4.63. The van der Waals surface area contributed by atoms with E-state index in [4.69, 9.17) is 0 Å². The highest BCUT2D eigenvalue weighted by molar-refractivity contribution is 9.10. The molecule has 2 unspecified atom stereocenters. The summed E-state index contributed by atoms with van der Waals surface area (Å²) in [6.45, 7) is 2.94. The lowest BCUT2D eigenvalue weighted by molar-refractivity contribution is -0.135. The van der Waals surface area contributed by atoms with Crippen molar-refractivity contribution in [3.8, 4) is 0 Å². The summed E-state index contributed by atoms with van der Waals surface area (Å²) in [4.78, 5) is 14.3. The second-order valence-corrected chi connectivity index (χ2v) is 6.14. The van der Waals surface area contributed by atoms with Gasteiger partial charge in [0.15, 0.2) is 0 Å². The Bertz CT molecular complexity index is 450. The summed E-state index contributed by atoms with van der Waals surface area (Å²) in [5.74, 6) is 0.386. The van der Waals surface area contributed by atoms with Crippen molar-refractivity contribution in [2.45, 2.75) is 32.2 Å². The molecule has 0 saturated carbocycles. The average molecular weight is 326 g/mol. The number of aliphatic hydroxyl groups excluding tert-OH is 1. The number of benzene rings is 1. The van der Waals surface area contributed by atoms with Crippen molar-refractivity contribution >= 4 is 21.8 Å². The Balaban J connectivity index is 2.04. The lowest BCUT2D eigenvalue weighted by Crippen LogP contribution is -2.47. The van der Waals surface area contributed by atoms with Crippen LogP contribution in [0.15, 0.2) is 28.7 Å². The maximum absolute atomic E-state index is 12.4. The van der Waals surface area contributed by atoms with E-state index in [9.17, 15) is 9.90 Å². The van der Waals surface area contributed by atoms with Gasteiger partial charge in [-0.1, -0.05) is 34.1 Å². The van der Waals surface area contributed by atoms with Crippen LogP contribution < -0.4 is 0 Å². The Kier molecular flexibility index (Phi) is 4.99. The molecule has 0 spiro atoms. The molecule has 1 aromatic carbocycles. The van der Waals surface area contributed by atoms with Gasteiger partial charge in [0, 0.05) is 23.7 Å². The summed E-state index contributed by atoms with van der Waals surface area (Å²) in [5.41, 5.74) is 1.02. The van der Waals surface area contributed by atoms with Crippen LogP contribution in [0.1, 0.15) is 25.3 Å². The van der Waals surface area contributed by atoms with Crippen LogP contribution >= 0.6 is 15.9 Å². The maximum Gasteiger partial charge on any atom is 0.227 e. The molecule has 0 aliphatic carbocycles. The number of carbonyl (C=O) groups excluding carboxylic acids is 1. The molecule has 3 nitrogen and oxygen atoms in total. The van der Waals surface area contributed by atoms with Gasteiger partial charge in [0.25, 0.3) is 0 Å². The van der Waals surface area contributed by atoms with E-state index < -0.39 is 0 Å². The number of halogens is 1. The highest BCUT2D eigenvalue weighted by Gasteiger charge is 2.28. The first kappa shape index (κ1) is 14.5. The average Bonchev–Trinajstić information content (AvgIpc) is 2.42. The molecule has 0 radical (unpaired) electrons. The molecular weight excluding hydrogens is 306 g/mol. The minimum Gasteiger partial charge on any atom is -0.396 e. The summed E-state index contributed by atoms with van der Waals surface area (Å²) in [6, 6.07) is 8.10. The zero-order valence-electron chi connectivity index (χ0n) is 11.2. The minimum atomic E-state index is 0.151. The van der Waals surface area contributed by atoms with Gasteiger partial charge in [-0.25, -0.2) is 0 Å². The summed E-state index contributed by atoms with van der Waals surface area (Å²) in [7, 11) is 0. The predicted molar refractivity (Wildman–Crippen MR) is 78.8 cm³/mol. The van der Waals surface area contributed by atoms with Gasteiger partial charge in [0.05, 0.1) is 6.42 Å². The van der Waals surface area contributed by atoms with Crippen molar-refractivity contribution in [3.05, 3.63) is 34.3 Å². The second kappa shape index (κ2) is 6.53. The normalized spacial score (nSPS) is 23.4. The van der Waals surface area contributed by atoms with Crippen molar-refractivity contribution < 1.29 is 9.90 Å². The molecule has 1 aromatic rings. The first-order valence-corrected chi connectivity index (χ1v) is 7.55. The van der Waals surface area contributed by atoms with E-state index in [0.717, 1.165) is 22.9 Å². The molecule has 2 atom stereocenters. The highest BCUT2D eigenvalue weighted by atomic mass is 79.9. The first-order chi connectivity index (χ1) is 9.11. The molecule has 1 heterocycles. The van der Waals surface area contributed by atoms with Gasteiger partial charge in [-0.15, -0.1) is 0 Å². The van der Waals surface area contributed by atoms with Gasteiger partial charge in [0.2, 0.25) is 5.91 Å². The van der Waals surface area contributed by atoms with Gasteiger partial charge in [0.1, 0.15) is 0 Å². The summed E-state index contributed by atoms with van der Waals surface area (Å²) < 4.78 is 0.978. The van der Waals surface area contributed by atoms with Gasteiger partial charge in [-0.3, -0.25) is 4.79 Å². The Morgan fingerprint density at radius 1 is 1.42 bits per heavy atom. The number of rotatable bonds is 3. The number of hydrogen-bond acceptors (Lipinski definition) is 2.